The first-order valence-electron chi connectivity index (χ1n) is 9.69. The Morgan fingerprint density at radius 2 is 1.73 bits per heavy atom. The summed E-state index contributed by atoms with van der Waals surface area (Å²) < 4.78 is 21.4. The van der Waals surface area contributed by atoms with Crippen molar-refractivity contribution in [1.82, 2.24) is 19.6 Å². The number of rotatable bonds is 4. The Morgan fingerprint density at radius 1 is 0.933 bits per heavy atom. The monoisotopic (exact) mass is 422 g/mol. The zero-order valence-electron chi connectivity index (χ0n) is 16.2. The van der Waals surface area contributed by atoms with Gasteiger partial charge in [0.25, 0.3) is 0 Å². The maximum Gasteiger partial charge on any atom is 0.247 e. The summed E-state index contributed by atoms with van der Waals surface area (Å²) in [4.78, 5) is 10.9. The smallest absolute Gasteiger partial charge is 0.247 e. The second kappa shape index (κ2) is 7.60. The molecule has 0 unspecified atom stereocenters. The molecule has 0 radical (unpaired) electrons. The highest BCUT2D eigenvalue weighted by Gasteiger charge is 2.22. The zero-order chi connectivity index (χ0) is 20.6. The molecule has 0 bridgehead atoms. The lowest BCUT2D eigenvalue weighted by Crippen LogP contribution is -2.38. The highest BCUT2D eigenvalue weighted by Crippen LogP contribution is 2.41. The van der Waals surface area contributed by atoms with Crippen LogP contribution in [-0.4, -0.2) is 53.3 Å². The van der Waals surface area contributed by atoms with Crippen molar-refractivity contribution in [3.63, 3.8) is 0 Å². The molecule has 0 aliphatic carbocycles. The van der Waals surface area contributed by atoms with E-state index in [-0.39, 0.29) is 0 Å². The molecule has 4 aromatic rings. The molecule has 1 aromatic carbocycles. The molecule has 4 heterocycles. The third kappa shape index (κ3) is 3.82. The van der Waals surface area contributed by atoms with Crippen molar-refractivity contribution < 1.29 is 9.11 Å². The molecular weight excluding hydrogens is 400 g/mol. The van der Waals surface area contributed by atoms with Crippen LogP contribution in [0.5, 0.6) is 0 Å². The number of anilines is 3. The quantitative estimate of drug-likeness (QED) is 0.455. The first kappa shape index (κ1) is 18.9. The average Bonchev–Trinajstić information content (AvgIpc) is 3.17. The second-order valence-electron chi connectivity index (χ2n) is 7.23. The average molecular weight is 423 g/mol. The summed E-state index contributed by atoms with van der Waals surface area (Å²) in [5, 5.41) is 7.88. The molecule has 1 aliphatic rings. The maximum atomic E-state index is 9.78. The van der Waals surface area contributed by atoms with Crippen LogP contribution in [-0.2, 0) is 0 Å². The van der Waals surface area contributed by atoms with Crippen LogP contribution in [0.25, 0.3) is 16.9 Å². The third-order valence-corrected chi connectivity index (χ3v) is 6.85. The van der Waals surface area contributed by atoms with Gasteiger partial charge in [0, 0.05) is 42.4 Å². The number of nitrogens with one attached hydrogen (secondary N) is 1. The van der Waals surface area contributed by atoms with Gasteiger partial charge in [0.2, 0.25) is 5.95 Å². The van der Waals surface area contributed by atoms with Crippen LogP contribution in [0.1, 0.15) is 0 Å². The minimum Gasteiger partial charge on any atom is -0.368 e. The molecule has 3 N–H and O–H groups in total. The molecule has 8 nitrogen and oxygen atoms in total. The van der Waals surface area contributed by atoms with Gasteiger partial charge in [0.1, 0.15) is 0 Å². The van der Waals surface area contributed by atoms with Gasteiger partial charge in [-0.3, -0.25) is 14.1 Å². The first-order chi connectivity index (χ1) is 14.6. The summed E-state index contributed by atoms with van der Waals surface area (Å²) in [5.74, 6) is 1.38. The van der Waals surface area contributed by atoms with Crippen molar-refractivity contribution in [2.45, 2.75) is 0 Å². The van der Waals surface area contributed by atoms with Gasteiger partial charge in [-0.1, -0.05) is 6.07 Å². The summed E-state index contributed by atoms with van der Waals surface area (Å²) in [6.45, 7) is 1.31. The normalized spacial score (nSPS) is 17.1. The fourth-order valence-electron chi connectivity index (χ4n) is 3.56. The van der Waals surface area contributed by atoms with E-state index in [0.717, 1.165) is 28.3 Å². The van der Waals surface area contributed by atoms with E-state index in [1.807, 2.05) is 60.8 Å². The Kier molecular flexibility index (Phi) is 4.78. The highest BCUT2D eigenvalue weighted by atomic mass is 32.3. The van der Waals surface area contributed by atoms with Gasteiger partial charge in [-0.15, -0.1) is 5.10 Å². The molecule has 154 valence electrons. The molecular formula is C21H22N6O2S. The van der Waals surface area contributed by atoms with E-state index in [0.29, 0.717) is 30.5 Å². The minimum absolute atomic E-state index is 0.428. The number of aromatic nitrogens is 4. The second-order valence-corrected chi connectivity index (χ2v) is 9.65. The van der Waals surface area contributed by atoms with Crippen molar-refractivity contribution in [2.75, 3.05) is 34.8 Å². The van der Waals surface area contributed by atoms with E-state index in [2.05, 4.69) is 25.3 Å². The molecule has 0 amide bonds. The van der Waals surface area contributed by atoms with Gasteiger partial charge in [0.05, 0.1) is 17.2 Å². The molecule has 3 aromatic heterocycles. The van der Waals surface area contributed by atoms with E-state index in [9.17, 15) is 9.11 Å². The summed E-state index contributed by atoms with van der Waals surface area (Å²) in [6, 6.07) is 17.8. The fraction of sp³-hybridized carbons (Fsp3) is 0.190. The van der Waals surface area contributed by atoms with Crippen molar-refractivity contribution in [1.29, 1.82) is 0 Å². The summed E-state index contributed by atoms with van der Waals surface area (Å²) in [7, 11) is -2.39. The van der Waals surface area contributed by atoms with Crippen molar-refractivity contribution in [2.24, 2.45) is 0 Å². The lowest BCUT2D eigenvalue weighted by Gasteiger charge is -2.41. The predicted molar refractivity (Wildman–Crippen MR) is 121 cm³/mol. The number of benzene rings is 1. The topological polar surface area (TPSA) is 98.8 Å². The van der Waals surface area contributed by atoms with E-state index < -0.39 is 10.6 Å². The van der Waals surface area contributed by atoms with E-state index in [1.165, 1.54) is 0 Å². The molecule has 5 rings (SSSR count). The molecule has 9 heteroatoms. The lowest BCUT2D eigenvalue weighted by molar-refractivity contribution is 0.479. The van der Waals surface area contributed by atoms with Crippen molar-refractivity contribution >= 4 is 33.6 Å². The number of nitrogens with zero attached hydrogens (tertiary/aromatic N) is 5. The van der Waals surface area contributed by atoms with Crippen LogP contribution in [0.2, 0.25) is 0 Å². The van der Waals surface area contributed by atoms with Crippen molar-refractivity contribution in [3.8, 4) is 11.3 Å². The Morgan fingerprint density at radius 3 is 2.47 bits per heavy atom. The predicted octanol–water partition coefficient (Wildman–Crippen LogP) is 4.11. The van der Waals surface area contributed by atoms with Gasteiger partial charge < -0.3 is 10.2 Å². The molecule has 1 saturated heterocycles. The zero-order valence-corrected chi connectivity index (χ0v) is 17.0. The lowest BCUT2D eigenvalue weighted by atomic mass is 10.2. The van der Waals surface area contributed by atoms with Crippen molar-refractivity contribution in [3.05, 3.63) is 67.0 Å². The highest BCUT2D eigenvalue weighted by molar-refractivity contribution is 8.24. The van der Waals surface area contributed by atoms with Crippen LogP contribution in [0, 0.1) is 0 Å². The SMILES string of the molecule is OS1(O)CCN(c2ccc(Nc3nc4cccc(-c5cccnc5)n4n3)cc2)CC1. The number of hydrogen-bond donors (Lipinski definition) is 3. The number of fused-ring (bicyclic) bond motifs is 1. The largest absolute Gasteiger partial charge is 0.368 e. The summed E-state index contributed by atoms with van der Waals surface area (Å²) >= 11 is 0. The van der Waals surface area contributed by atoms with Crippen LogP contribution in [0.3, 0.4) is 0 Å². The fourth-order valence-corrected chi connectivity index (χ4v) is 4.79. The van der Waals surface area contributed by atoms with Crippen LogP contribution >= 0.6 is 10.6 Å². The molecule has 0 spiro atoms. The van der Waals surface area contributed by atoms with Gasteiger partial charge in [-0.2, -0.15) is 15.6 Å². The van der Waals surface area contributed by atoms with Crippen LogP contribution in [0.4, 0.5) is 17.3 Å². The van der Waals surface area contributed by atoms with Crippen LogP contribution in [0.15, 0.2) is 67.0 Å². The molecule has 0 saturated carbocycles. The molecule has 1 fully saturated rings. The number of hydrogen-bond acceptors (Lipinski definition) is 7. The van der Waals surface area contributed by atoms with Gasteiger partial charge in [0.15, 0.2) is 5.65 Å². The van der Waals surface area contributed by atoms with E-state index in [4.69, 9.17) is 0 Å². The van der Waals surface area contributed by atoms with Gasteiger partial charge >= 0.3 is 0 Å². The standard InChI is InChI=1S/C21H22N6O2S/c28-30(29)13-11-26(12-14-30)18-8-6-17(7-9-18)23-21-24-20-5-1-4-19(27(20)25-21)16-3-2-10-22-15-16/h1-10,15,28-29H,11-14H2,(H,23,25). The van der Waals surface area contributed by atoms with E-state index in [1.54, 1.807) is 10.7 Å². The number of pyridine rings is 2. The van der Waals surface area contributed by atoms with Crippen LogP contribution < -0.4 is 10.2 Å². The molecule has 1 aliphatic heterocycles. The Hall–Kier alpha value is -3.14. The Labute approximate surface area is 175 Å². The third-order valence-electron chi connectivity index (χ3n) is 5.18. The summed E-state index contributed by atoms with van der Waals surface area (Å²) in [6.07, 6.45) is 3.55. The first-order valence-corrected chi connectivity index (χ1v) is 11.6. The van der Waals surface area contributed by atoms with E-state index >= 15 is 0 Å². The Bertz CT molecular complexity index is 1150. The van der Waals surface area contributed by atoms with Gasteiger partial charge in [-0.05, 0) is 48.5 Å². The Balaban J connectivity index is 1.35. The summed E-state index contributed by atoms with van der Waals surface area (Å²) in [5.41, 5.74) is 4.61. The minimum atomic E-state index is -2.39. The van der Waals surface area contributed by atoms with Gasteiger partial charge in [-0.25, -0.2) is 4.52 Å². The molecule has 0 atom stereocenters. The maximum absolute atomic E-state index is 9.78. The molecule has 30 heavy (non-hydrogen) atoms.